The third kappa shape index (κ3) is 7.02. The Morgan fingerprint density at radius 2 is 1.41 bits per heavy atom. The second-order valence-electron chi connectivity index (χ2n) is 11.7. The summed E-state index contributed by atoms with van der Waals surface area (Å²) in [5.74, 6) is 0.282. The van der Waals surface area contributed by atoms with Crippen LogP contribution in [0.4, 0.5) is 0 Å². The highest BCUT2D eigenvalue weighted by Crippen LogP contribution is 2.40. The number of phenols is 1. The van der Waals surface area contributed by atoms with E-state index in [1.54, 1.807) is 0 Å². The number of carbonyl (C=O) groups is 1. The van der Waals surface area contributed by atoms with Crippen LogP contribution in [0.25, 0.3) is 0 Å². The van der Waals surface area contributed by atoms with Gasteiger partial charge in [-0.25, -0.2) is 0 Å². The summed E-state index contributed by atoms with van der Waals surface area (Å²) in [7, 11) is 4.30. The van der Waals surface area contributed by atoms with Gasteiger partial charge in [-0.15, -0.1) is 0 Å². The molecule has 1 N–H and O–H groups in total. The van der Waals surface area contributed by atoms with Gasteiger partial charge in [-0.2, -0.15) is 0 Å². The first-order chi connectivity index (χ1) is 12.9. The smallest absolute Gasteiger partial charge is 0.311 e. The Hall–Kier alpha value is -1.55. The Balaban J connectivity index is 3.05. The minimum absolute atomic E-state index is 0.130. The van der Waals surface area contributed by atoms with Crippen molar-refractivity contribution >= 4 is 5.97 Å². The van der Waals surface area contributed by atoms with Gasteiger partial charge in [-0.05, 0) is 43.2 Å². The number of esters is 1. The van der Waals surface area contributed by atoms with E-state index in [4.69, 9.17) is 4.74 Å². The number of ether oxygens (including phenoxy) is 1. The predicted molar refractivity (Wildman–Crippen MR) is 121 cm³/mol. The molecule has 29 heavy (non-hydrogen) atoms. The molecule has 0 atom stereocenters. The van der Waals surface area contributed by atoms with E-state index in [9.17, 15) is 9.90 Å². The van der Waals surface area contributed by atoms with Crippen LogP contribution < -0.4 is 0 Å². The van der Waals surface area contributed by atoms with Crippen LogP contribution >= 0.6 is 0 Å². The van der Waals surface area contributed by atoms with Crippen molar-refractivity contribution in [2.24, 2.45) is 5.41 Å². The summed E-state index contributed by atoms with van der Waals surface area (Å²) < 4.78 is 6.26. The minimum Gasteiger partial charge on any atom is -0.507 e. The molecule has 4 heteroatoms. The predicted octanol–water partition coefficient (Wildman–Crippen LogP) is 5.54. The number of carbonyl (C=O) groups excluding carboxylic acids is 1. The first kappa shape index (κ1) is 25.5. The Bertz CT molecular complexity index is 684. The Morgan fingerprint density at radius 3 is 1.79 bits per heavy atom. The lowest BCUT2D eigenvalue weighted by molar-refractivity contribution is -0.903. The number of rotatable bonds is 7. The van der Waals surface area contributed by atoms with Crippen LogP contribution in [0.2, 0.25) is 0 Å². The van der Waals surface area contributed by atoms with Crippen molar-refractivity contribution in [3.63, 3.8) is 0 Å². The summed E-state index contributed by atoms with van der Waals surface area (Å²) in [5.41, 5.74) is 2.45. The van der Waals surface area contributed by atoms with Crippen molar-refractivity contribution in [2.75, 3.05) is 27.2 Å². The van der Waals surface area contributed by atoms with Gasteiger partial charge in [0.2, 0.25) is 0 Å². The average Bonchev–Trinajstić information content (AvgIpc) is 2.53. The van der Waals surface area contributed by atoms with Crippen molar-refractivity contribution < 1.29 is 19.1 Å². The van der Waals surface area contributed by atoms with Gasteiger partial charge >= 0.3 is 5.97 Å². The van der Waals surface area contributed by atoms with Gasteiger partial charge in [0.15, 0.2) is 0 Å². The highest BCUT2D eigenvalue weighted by atomic mass is 16.5. The summed E-state index contributed by atoms with van der Waals surface area (Å²) in [5, 5.41) is 10.9. The van der Waals surface area contributed by atoms with Crippen molar-refractivity contribution in [2.45, 2.75) is 86.1 Å². The zero-order valence-electron chi connectivity index (χ0n) is 20.7. The summed E-state index contributed by atoms with van der Waals surface area (Å²) in [6.07, 6.45) is 0.767. The summed E-state index contributed by atoms with van der Waals surface area (Å²) >= 11 is 0. The lowest BCUT2D eigenvalue weighted by Crippen LogP contribution is -2.42. The lowest BCUT2D eigenvalue weighted by Gasteiger charge is -2.33. The van der Waals surface area contributed by atoms with Crippen molar-refractivity contribution in [3.8, 4) is 5.75 Å². The Morgan fingerprint density at radius 1 is 0.966 bits per heavy atom. The molecule has 0 aliphatic carbocycles. The molecule has 0 unspecified atom stereocenters. The molecule has 1 aromatic carbocycles. The number of hydrogen-bond acceptors (Lipinski definition) is 3. The number of hydrogen-bond donors (Lipinski definition) is 1. The second kappa shape index (κ2) is 8.67. The summed E-state index contributed by atoms with van der Waals surface area (Å²) in [4.78, 5) is 12.2. The van der Waals surface area contributed by atoms with E-state index in [1.165, 1.54) is 5.56 Å². The zero-order valence-corrected chi connectivity index (χ0v) is 20.7. The van der Waals surface area contributed by atoms with E-state index in [-0.39, 0.29) is 16.8 Å². The highest BCUT2D eigenvalue weighted by molar-refractivity contribution is 5.75. The molecule has 0 heterocycles. The van der Waals surface area contributed by atoms with Gasteiger partial charge in [-0.1, -0.05) is 48.5 Å². The lowest BCUT2D eigenvalue weighted by atomic mass is 9.78. The molecule has 166 valence electrons. The van der Waals surface area contributed by atoms with Crippen molar-refractivity contribution in [3.05, 3.63) is 28.8 Å². The van der Waals surface area contributed by atoms with E-state index in [0.717, 1.165) is 30.6 Å². The van der Waals surface area contributed by atoms with Gasteiger partial charge in [-0.3, -0.25) is 4.79 Å². The number of phenolic OH excluding ortho intramolecular Hbond substituents is 1. The molecule has 0 saturated carbocycles. The third-order valence-electron chi connectivity index (χ3n) is 5.76. The number of benzene rings is 1. The summed E-state index contributed by atoms with van der Waals surface area (Å²) in [6.45, 7) is 20.6. The maximum absolute atomic E-state index is 12.2. The largest absolute Gasteiger partial charge is 0.507 e. The molecule has 1 aromatic rings. The maximum Gasteiger partial charge on any atom is 0.311 e. The van der Waals surface area contributed by atoms with Crippen molar-refractivity contribution in [1.29, 1.82) is 0 Å². The third-order valence-corrected chi connectivity index (χ3v) is 5.76. The average molecular weight is 407 g/mol. The van der Waals surface area contributed by atoms with E-state index < -0.39 is 5.41 Å². The van der Waals surface area contributed by atoms with Crippen LogP contribution in [0.1, 0.15) is 85.4 Å². The summed E-state index contributed by atoms with van der Waals surface area (Å²) in [6, 6.07) is 4.27. The van der Waals surface area contributed by atoms with Gasteiger partial charge in [0.1, 0.15) is 25.4 Å². The first-order valence-corrected chi connectivity index (χ1v) is 10.8. The number of quaternary nitrogens is 1. The molecule has 1 rings (SSSR count). The molecule has 0 aliphatic rings. The molecule has 0 saturated heterocycles. The molecular formula is C25H44NO3+. The van der Waals surface area contributed by atoms with Crippen LogP contribution in [0.3, 0.4) is 0 Å². The molecule has 0 amide bonds. The van der Waals surface area contributed by atoms with Gasteiger partial charge in [0, 0.05) is 16.7 Å². The molecule has 0 bridgehead atoms. The molecule has 0 spiro atoms. The van der Waals surface area contributed by atoms with Crippen molar-refractivity contribution in [1.82, 2.24) is 0 Å². The number of aromatic hydroxyl groups is 1. The van der Waals surface area contributed by atoms with Crippen LogP contribution in [0.15, 0.2) is 12.1 Å². The SMILES string of the molecule is CCC(C)(C)C(=O)OCC[N+](C)(C)Cc1cc(C(C)(C)C)c(O)c(C(C)(C)C)c1. The fraction of sp³-hybridized carbons (Fsp3) is 0.720. The molecule has 4 nitrogen and oxygen atoms in total. The van der Waals surface area contributed by atoms with E-state index in [1.807, 2.05) is 20.8 Å². The number of nitrogens with zero attached hydrogens (tertiary/aromatic N) is 1. The van der Waals surface area contributed by atoms with Gasteiger partial charge < -0.3 is 14.3 Å². The molecule has 0 radical (unpaired) electrons. The maximum atomic E-state index is 12.2. The quantitative estimate of drug-likeness (QED) is 0.477. The van der Waals surface area contributed by atoms with Crippen LogP contribution in [-0.4, -0.2) is 42.8 Å². The fourth-order valence-electron chi connectivity index (χ4n) is 3.23. The Labute approximate surface area is 178 Å². The number of likely N-dealkylation sites (N-methyl/N-ethyl adjacent to an activating group) is 1. The standard InChI is InChI=1S/C25H43NO3/c1-12-25(8,9)22(28)29-14-13-26(10,11)17-18-15-19(23(2,3)4)21(27)20(16-18)24(5,6)7/h15-16H,12-14,17H2,1-11H3/p+1. The topological polar surface area (TPSA) is 46.5 Å². The molecule has 0 fully saturated rings. The van der Waals surface area contributed by atoms with Crippen LogP contribution in [-0.2, 0) is 26.9 Å². The fourth-order valence-corrected chi connectivity index (χ4v) is 3.23. The van der Waals surface area contributed by atoms with Crippen LogP contribution in [0.5, 0.6) is 5.75 Å². The highest BCUT2D eigenvalue weighted by Gasteiger charge is 2.30. The van der Waals surface area contributed by atoms with E-state index in [2.05, 4.69) is 67.8 Å². The minimum atomic E-state index is -0.433. The van der Waals surface area contributed by atoms with Gasteiger partial charge in [0.25, 0.3) is 0 Å². The van der Waals surface area contributed by atoms with Gasteiger partial charge in [0.05, 0.1) is 19.5 Å². The normalized spacial score (nSPS) is 13.5. The molecule has 0 aromatic heterocycles. The van der Waals surface area contributed by atoms with E-state index in [0.29, 0.717) is 16.8 Å². The van der Waals surface area contributed by atoms with Crippen LogP contribution in [0, 0.1) is 5.41 Å². The second-order valence-corrected chi connectivity index (χ2v) is 11.7. The monoisotopic (exact) mass is 406 g/mol. The zero-order chi connectivity index (χ0) is 22.8. The molecule has 0 aliphatic heterocycles. The molecular weight excluding hydrogens is 362 g/mol. The van der Waals surface area contributed by atoms with E-state index >= 15 is 0 Å². The first-order valence-electron chi connectivity index (χ1n) is 10.8. The Kier molecular flexibility index (Phi) is 7.62.